The standard InChI is InChI=1S/C21H22ClN3OS/c22-14-8-13-2-1-7-25(15-3-5-23-11-15)20(13)18(9-14)17-4-6-24-19-10-16(12-26)27-21(17)19/h4,6,8-10,15,23,26H,1-3,5,7,11-12H2/t15-/m0/s1. The highest BCUT2D eigenvalue weighted by Crippen LogP contribution is 2.44. The molecule has 27 heavy (non-hydrogen) atoms. The number of anilines is 1. The zero-order chi connectivity index (χ0) is 18.4. The van der Waals surface area contributed by atoms with E-state index in [2.05, 4.69) is 33.4 Å². The minimum Gasteiger partial charge on any atom is -0.391 e. The molecular formula is C21H22ClN3OS. The molecule has 1 atom stereocenters. The number of aliphatic hydroxyl groups is 1. The number of fused-ring (bicyclic) bond motifs is 2. The Morgan fingerprint density at radius 1 is 1.30 bits per heavy atom. The van der Waals surface area contributed by atoms with Crippen LogP contribution in [0.4, 0.5) is 5.69 Å². The number of benzene rings is 1. The summed E-state index contributed by atoms with van der Waals surface area (Å²) in [6, 6.07) is 8.86. The van der Waals surface area contributed by atoms with Crippen LogP contribution in [-0.2, 0) is 13.0 Å². The number of rotatable bonds is 3. The lowest BCUT2D eigenvalue weighted by molar-refractivity contribution is 0.285. The topological polar surface area (TPSA) is 48.4 Å². The molecule has 0 aliphatic carbocycles. The molecule has 1 saturated heterocycles. The van der Waals surface area contributed by atoms with Crippen molar-refractivity contribution in [1.29, 1.82) is 0 Å². The van der Waals surface area contributed by atoms with E-state index < -0.39 is 0 Å². The van der Waals surface area contributed by atoms with E-state index in [9.17, 15) is 5.11 Å². The Morgan fingerprint density at radius 3 is 3.04 bits per heavy atom. The third-order valence-electron chi connectivity index (χ3n) is 5.67. The van der Waals surface area contributed by atoms with Crippen molar-refractivity contribution >= 4 is 38.8 Å². The van der Waals surface area contributed by atoms with Gasteiger partial charge in [0.2, 0.25) is 0 Å². The Kier molecular flexibility index (Phi) is 4.56. The Labute approximate surface area is 167 Å². The minimum absolute atomic E-state index is 0.0496. The van der Waals surface area contributed by atoms with Gasteiger partial charge in [-0.3, -0.25) is 4.98 Å². The highest BCUT2D eigenvalue weighted by atomic mass is 35.5. The Hall–Kier alpha value is -1.66. The molecule has 3 aromatic rings. The molecule has 0 radical (unpaired) electrons. The molecular weight excluding hydrogens is 378 g/mol. The monoisotopic (exact) mass is 399 g/mol. The number of nitrogens with one attached hydrogen (secondary N) is 1. The van der Waals surface area contributed by atoms with E-state index in [1.165, 1.54) is 35.2 Å². The van der Waals surface area contributed by atoms with Crippen LogP contribution >= 0.6 is 22.9 Å². The molecule has 2 aliphatic rings. The fourth-order valence-electron chi connectivity index (χ4n) is 4.49. The number of nitrogens with zero attached hydrogens (tertiary/aromatic N) is 2. The molecule has 140 valence electrons. The quantitative estimate of drug-likeness (QED) is 0.692. The van der Waals surface area contributed by atoms with Crippen LogP contribution in [0.5, 0.6) is 0 Å². The number of aryl methyl sites for hydroxylation is 1. The van der Waals surface area contributed by atoms with Crippen molar-refractivity contribution in [3.63, 3.8) is 0 Å². The second kappa shape index (κ2) is 7.06. The normalized spacial score (nSPS) is 19.6. The second-order valence-corrected chi connectivity index (χ2v) is 8.92. The smallest absolute Gasteiger partial charge is 0.0819 e. The van der Waals surface area contributed by atoms with Crippen LogP contribution in [0.1, 0.15) is 23.3 Å². The maximum atomic E-state index is 9.57. The predicted molar refractivity (Wildman–Crippen MR) is 113 cm³/mol. The van der Waals surface area contributed by atoms with Gasteiger partial charge >= 0.3 is 0 Å². The Balaban J connectivity index is 1.73. The van der Waals surface area contributed by atoms with Gasteiger partial charge in [-0.2, -0.15) is 0 Å². The summed E-state index contributed by atoms with van der Waals surface area (Å²) in [6.07, 6.45) is 5.28. The minimum atomic E-state index is 0.0496. The maximum absolute atomic E-state index is 9.57. The molecule has 0 amide bonds. The molecule has 6 heteroatoms. The van der Waals surface area contributed by atoms with Crippen LogP contribution < -0.4 is 10.2 Å². The van der Waals surface area contributed by atoms with Gasteiger partial charge in [0.25, 0.3) is 0 Å². The van der Waals surface area contributed by atoms with Gasteiger partial charge in [0.1, 0.15) is 0 Å². The SMILES string of the molecule is OCc1cc2nccc(-c3cc(Cl)cc4c3N([C@H]3CCNC3)CCC4)c2s1. The summed E-state index contributed by atoms with van der Waals surface area (Å²) in [5.41, 5.74) is 6.00. The van der Waals surface area contributed by atoms with E-state index in [0.717, 1.165) is 46.2 Å². The summed E-state index contributed by atoms with van der Waals surface area (Å²) in [6.45, 7) is 3.27. The molecule has 2 N–H and O–H groups in total. The number of halogens is 1. The largest absolute Gasteiger partial charge is 0.391 e. The Morgan fingerprint density at radius 2 is 2.22 bits per heavy atom. The fourth-order valence-corrected chi connectivity index (χ4v) is 5.73. The van der Waals surface area contributed by atoms with Crippen LogP contribution in [0.15, 0.2) is 30.5 Å². The van der Waals surface area contributed by atoms with E-state index in [-0.39, 0.29) is 6.61 Å². The number of thiophene rings is 1. The number of aromatic nitrogens is 1. The zero-order valence-electron chi connectivity index (χ0n) is 15.0. The van der Waals surface area contributed by atoms with E-state index in [1.54, 1.807) is 11.3 Å². The lowest BCUT2D eigenvalue weighted by Crippen LogP contribution is -2.40. The molecule has 5 rings (SSSR count). The molecule has 0 unspecified atom stereocenters. The average molecular weight is 400 g/mol. The van der Waals surface area contributed by atoms with Gasteiger partial charge in [0.05, 0.1) is 16.8 Å². The third kappa shape index (κ3) is 3.03. The first-order valence-electron chi connectivity index (χ1n) is 9.53. The second-order valence-electron chi connectivity index (χ2n) is 7.35. The number of pyridine rings is 1. The fraction of sp³-hybridized carbons (Fsp3) is 0.381. The van der Waals surface area contributed by atoms with Crippen molar-refractivity contribution in [2.45, 2.75) is 31.9 Å². The van der Waals surface area contributed by atoms with Crippen LogP contribution in [0, 0.1) is 0 Å². The average Bonchev–Trinajstić information content (AvgIpc) is 3.35. The van der Waals surface area contributed by atoms with Gasteiger partial charge in [-0.05, 0) is 55.6 Å². The number of hydrogen-bond acceptors (Lipinski definition) is 5. The third-order valence-corrected chi connectivity index (χ3v) is 7.03. The maximum Gasteiger partial charge on any atom is 0.0819 e. The highest BCUT2D eigenvalue weighted by Gasteiger charge is 2.29. The molecule has 1 fully saturated rings. The molecule has 2 aliphatic heterocycles. The molecule has 0 bridgehead atoms. The summed E-state index contributed by atoms with van der Waals surface area (Å²) in [7, 11) is 0. The van der Waals surface area contributed by atoms with Crippen LogP contribution in [-0.4, -0.2) is 35.8 Å². The van der Waals surface area contributed by atoms with Gasteiger partial charge in [0.15, 0.2) is 0 Å². The van der Waals surface area contributed by atoms with Gasteiger partial charge < -0.3 is 15.3 Å². The first-order valence-corrected chi connectivity index (χ1v) is 10.7. The molecule has 4 heterocycles. The first kappa shape index (κ1) is 17.4. The number of aliphatic hydroxyl groups excluding tert-OH is 1. The lowest BCUT2D eigenvalue weighted by atomic mass is 9.92. The first-order chi connectivity index (χ1) is 13.2. The van der Waals surface area contributed by atoms with Crippen molar-refractivity contribution in [2.75, 3.05) is 24.5 Å². The van der Waals surface area contributed by atoms with Crippen molar-refractivity contribution in [3.8, 4) is 11.1 Å². The van der Waals surface area contributed by atoms with Crippen molar-refractivity contribution < 1.29 is 5.11 Å². The Bertz CT molecular complexity index is 997. The summed E-state index contributed by atoms with van der Waals surface area (Å²) >= 11 is 8.16. The van der Waals surface area contributed by atoms with Crippen molar-refractivity contribution in [3.05, 3.63) is 45.9 Å². The van der Waals surface area contributed by atoms with E-state index in [1.807, 2.05) is 12.3 Å². The van der Waals surface area contributed by atoms with Crippen molar-refractivity contribution in [1.82, 2.24) is 10.3 Å². The van der Waals surface area contributed by atoms with Gasteiger partial charge in [-0.25, -0.2) is 0 Å². The lowest BCUT2D eigenvalue weighted by Gasteiger charge is -2.38. The van der Waals surface area contributed by atoms with Crippen molar-refractivity contribution in [2.24, 2.45) is 0 Å². The molecule has 1 aromatic carbocycles. The van der Waals surface area contributed by atoms with E-state index >= 15 is 0 Å². The molecule has 4 nitrogen and oxygen atoms in total. The van der Waals surface area contributed by atoms with Gasteiger partial charge in [-0.15, -0.1) is 11.3 Å². The summed E-state index contributed by atoms with van der Waals surface area (Å²) in [4.78, 5) is 8.05. The van der Waals surface area contributed by atoms with Crippen LogP contribution in [0.2, 0.25) is 5.02 Å². The molecule has 0 spiro atoms. The van der Waals surface area contributed by atoms with Crippen LogP contribution in [0.3, 0.4) is 0 Å². The summed E-state index contributed by atoms with van der Waals surface area (Å²) < 4.78 is 1.13. The van der Waals surface area contributed by atoms with Gasteiger partial charge in [-0.1, -0.05) is 11.6 Å². The summed E-state index contributed by atoms with van der Waals surface area (Å²) in [5, 5.41) is 13.9. The predicted octanol–water partition coefficient (Wildman–Crippen LogP) is 4.22. The summed E-state index contributed by atoms with van der Waals surface area (Å²) in [5.74, 6) is 0. The zero-order valence-corrected chi connectivity index (χ0v) is 16.6. The highest BCUT2D eigenvalue weighted by molar-refractivity contribution is 7.19. The molecule has 2 aromatic heterocycles. The van der Waals surface area contributed by atoms with Crippen LogP contribution in [0.25, 0.3) is 21.3 Å². The van der Waals surface area contributed by atoms with E-state index in [4.69, 9.17) is 11.6 Å². The van der Waals surface area contributed by atoms with Gasteiger partial charge in [0, 0.05) is 52.0 Å². The van der Waals surface area contributed by atoms with E-state index in [0.29, 0.717) is 6.04 Å². The number of hydrogen-bond donors (Lipinski definition) is 2. The molecule has 0 saturated carbocycles.